The molecule has 1 aliphatic rings. The zero-order valence-electron chi connectivity index (χ0n) is 10.2. The molecule has 16 heavy (non-hydrogen) atoms. The average molecular weight is 221 g/mol. The minimum atomic E-state index is 0.181. The fraction of sp³-hybridized carbons (Fsp3) is 0.769. The molecule has 2 N–H and O–H groups in total. The number of hydrogen-bond acceptors (Lipinski definition) is 2. The molecule has 0 spiro atoms. The maximum atomic E-state index is 6.19. The molecule has 0 amide bonds. The number of aryl methyl sites for hydroxylation is 1. The molecule has 0 aromatic carbocycles. The molecular formula is C13H23N3. The third-order valence-corrected chi connectivity index (χ3v) is 3.77. The second-order valence-electron chi connectivity index (χ2n) is 4.96. The van der Waals surface area contributed by atoms with Gasteiger partial charge in [-0.1, -0.05) is 25.7 Å². The summed E-state index contributed by atoms with van der Waals surface area (Å²) < 4.78 is 1.95. The summed E-state index contributed by atoms with van der Waals surface area (Å²) in [5.41, 5.74) is 7.38. The number of aromatic nitrogens is 2. The SMILES string of the molecule is CCn1cc(C(N)CCC2CCCC2)cn1. The average Bonchev–Trinajstić information content (AvgIpc) is 2.96. The number of nitrogens with two attached hydrogens (primary N) is 1. The third-order valence-electron chi connectivity index (χ3n) is 3.77. The van der Waals surface area contributed by atoms with Crippen LogP contribution < -0.4 is 5.73 Å². The van der Waals surface area contributed by atoms with Crippen LogP contribution in [0.15, 0.2) is 12.4 Å². The predicted molar refractivity (Wildman–Crippen MR) is 66.0 cm³/mol. The van der Waals surface area contributed by atoms with E-state index in [1.807, 2.05) is 10.9 Å². The monoisotopic (exact) mass is 221 g/mol. The summed E-state index contributed by atoms with van der Waals surface area (Å²) in [7, 11) is 0. The quantitative estimate of drug-likeness (QED) is 0.831. The highest BCUT2D eigenvalue weighted by Gasteiger charge is 2.17. The molecule has 90 valence electrons. The zero-order valence-corrected chi connectivity index (χ0v) is 10.2. The van der Waals surface area contributed by atoms with Gasteiger partial charge in [0, 0.05) is 24.3 Å². The molecule has 1 fully saturated rings. The van der Waals surface area contributed by atoms with E-state index in [-0.39, 0.29) is 6.04 Å². The van der Waals surface area contributed by atoms with Gasteiger partial charge in [-0.2, -0.15) is 5.10 Å². The lowest BCUT2D eigenvalue weighted by Crippen LogP contribution is -2.11. The molecule has 1 aromatic rings. The molecule has 3 nitrogen and oxygen atoms in total. The minimum absolute atomic E-state index is 0.181. The van der Waals surface area contributed by atoms with Crippen LogP contribution in [-0.2, 0) is 6.54 Å². The first-order valence-corrected chi connectivity index (χ1v) is 6.57. The van der Waals surface area contributed by atoms with Crippen LogP contribution in [0.2, 0.25) is 0 Å². The molecule has 1 atom stereocenters. The molecule has 1 aliphatic carbocycles. The van der Waals surface area contributed by atoms with E-state index in [1.54, 1.807) is 0 Å². The maximum Gasteiger partial charge on any atom is 0.0537 e. The van der Waals surface area contributed by atoms with Crippen molar-refractivity contribution in [2.45, 2.75) is 58.0 Å². The van der Waals surface area contributed by atoms with Gasteiger partial charge in [0.05, 0.1) is 6.20 Å². The van der Waals surface area contributed by atoms with E-state index in [0.717, 1.165) is 18.9 Å². The van der Waals surface area contributed by atoms with Gasteiger partial charge in [0.1, 0.15) is 0 Å². The van der Waals surface area contributed by atoms with Gasteiger partial charge in [-0.3, -0.25) is 4.68 Å². The first-order valence-electron chi connectivity index (χ1n) is 6.57. The van der Waals surface area contributed by atoms with Crippen LogP contribution in [0.3, 0.4) is 0 Å². The predicted octanol–water partition coefficient (Wildman–Crippen LogP) is 2.87. The van der Waals surface area contributed by atoms with Crippen LogP contribution in [0, 0.1) is 5.92 Å². The van der Waals surface area contributed by atoms with E-state index in [2.05, 4.69) is 18.2 Å². The van der Waals surface area contributed by atoms with Gasteiger partial charge in [0.2, 0.25) is 0 Å². The van der Waals surface area contributed by atoms with Crippen molar-refractivity contribution < 1.29 is 0 Å². The Bertz CT molecular complexity index is 313. The second kappa shape index (κ2) is 5.48. The molecule has 1 aromatic heterocycles. The number of nitrogens with zero attached hydrogens (tertiary/aromatic N) is 2. The summed E-state index contributed by atoms with van der Waals surface area (Å²) in [5.74, 6) is 0.937. The highest BCUT2D eigenvalue weighted by molar-refractivity contribution is 5.09. The first-order chi connectivity index (χ1) is 7.79. The van der Waals surface area contributed by atoms with Crippen molar-refractivity contribution in [1.29, 1.82) is 0 Å². The molecule has 3 heteroatoms. The zero-order chi connectivity index (χ0) is 11.4. The topological polar surface area (TPSA) is 43.8 Å². The Morgan fingerprint density at radius 1 is 1.50 bits per heavy atom. The van der Waals surface area contributed by atoms with E-state index < -0.39 is 0 Å². The Morgan fingerprint density at radius 2 is 2.25 bits per heavy atom. The number of hydrogen-bond donors (Lipinski definition) is 1. The van der Waals surface area contributed by atoms with Crippen molar-refractivity contribution in [3.63, 3.8) is 0 Å². The van der Waals surface area contributed by atoms with Crippen LogP contribution in [0.1, 0.15) is 57.1 Å². The Hall–Kier alpha value is -0.830. The molecule has 2 rings (SSSR count). The molecule has 1 unspecified atom stereocenters. The largest absolute Gasteiger partial charge is 0.324 e. The molecule has 1 heterocycles. The van der Waals surface area contributed by atoms with E-state index in [4.69, 9.17) is 5.73 Å². The summed E-state index contributed by atoms with van der Waals surface area (Å²) in [4.78, 5) is 0. The Balaban J connectivity index is 1.80. The number of rotatable bonds is 5. The summed E-state index contributed by atoms with van der Waals surface area (Å²) in [5, 5.41) is 4.27. The third kappa shape index (κ3) is 2.85. The van der Waals surface area contributed by atoms with Gasteiger partial charge in [0.15, 0.2) is 0 Å². The van der Waals surface area contributed by atoms with E-state index in [9.17, 15) is 0 Å². The lowest BCUT2D eigenvalue weighted by Gasteiger charge is -2.13. The van der Waals surface area contributed by atoms with Crippen molar-refractivity contribution in [3.05, 3.63) is 18.0 Å². The van der Waals surface area contributed by atoms with Gasteiger partial charge in [-0.05, 0) is 25.7 Å². The van der Waals surface area contributed by atoms with Crippen LogP contribution >= 0.6 is 0 Å². The first kappa shape index (κ1) is 11.6. The van der Waals surface area contributed by atoms with Crippen LogP contribution in [-0.4, -0.2) is 9.78 Å². The van der Waals surface area contributed by atoms with E-state index >= 15 is 0 Å². The highest BCUT2D eigenvalue weighted by atomic mass is 15.3. The molecule has 0 radical (unpaired) electrons. The van der Waals surface area contributed by atoms with Gasteiger partial charge in [-0.25, -0.2) is 0 Å². The van der Waals surface area contributed by atoms with Crippen molar-refractivity contribution in [2.24, 2.45) is 11.7 Å². The molecule has 0 bridgehead atoms. The second-order valence-corrected chi connectivity index (χ2v) is 4.96. The van der Waals surface area contributed by atoms with Crippen LogP contribution in [0.5, 0.6) is 0 Å². The Morgan fingerprint density at radius 3 is 2.88 bits per heavy atom. The van der Waals surface area contributed by atoms with E-state index in [1.165, 1.54) is 37.7 Å². The molecule has 0 saturated heterocycles. The van der Waals surface area contributed by atoms with Crippen molar-refractivity contribution in [2.75, 3.05) is 0 Å². The van der Waals surface area contributed by atoms with Crippen LogP contribution in [0.4, 0.5) is 0 Å². The Kier molecular flexibility index (Phi) is 3.99. The fourth-order valence-corrected chi connectivity index (χ4v) is 2.62. The summed E-state index contributed by atoms with van der Waals surface area (Å²) >= 11 is 0. The van der Waals surface area contributed by atoms with Crippen molar-refractivity contribution in [3.8, 4) is 0 Å². The normalized spacial score (nSPS) is 19.1. The van der Waals surface area contributed by atoms with Gasteiger partial charge in [-0.15, -0.1) is 0 Å². The molecular weight excluding hydrogens is 198 g/mol. The van der Waals surface area contributed by atoms with E-state index in [0.29, 0.717) is 0 Å². The standard InChI is InChI=1S/C13H23N3/c1-2-16-10-12(9-15-16)13(14)8-7-11-5-3-4-6-11/h9-11,13H,2-8,14H2,1H3. The summed E-state index contributed by atoms with van der Waals surface area (Å²) in [6.45, 7) is 3.02. The van der Waals surface area contributed by atoms with Crippen LogP contribution in [0.25, 0.3) is 0 Å². The summed E-state index contributed by atoms with van der Waals surface area (Å²) in [6, 6.07) is 0.181. The smallest absolute Gasteiger partial charge is 0.0537 e. The van der Waals surface area contributed by atoms with Gasteiger partial charge in [0.25, 0.3) is 0 Å². The minimum Gasteiger partial charge on any atom is -0.324 e. The van der Waals surface area contributed by atoms with Gasteiger partial charge < -0.3 is 5.73 Å². The Labute approximate surface area is 98.0 Å². The van der Waals surface area contributed by atoms with Crippen molar-refractivity contribution >= 4 is 0 Å². The maximum absolute atomic E-state index is 6.19. The molecule has 1 saturated carbocycles. The summed E-state index contributed by atoms with van der Waals surface area (Å²) in [6.07, 6.45) is 12.1. The van der Waals surface area contributed by atoms with Gasteiger partial charge >= 0.3 is 0 Å². The lowest BCUT2D eigenvalue weighted by atomic mass is 9.97. The fourth-order valence-electron chi connectivity index (χ4n) is 2.62. The van der Waals surface area contributed by atoms with Crippen molar-refractivity contribution in [1.82, 2.24) is 9.78 Å². The highest BCUT2D eigenvalue weighted by Crippen LogP contribution is 2.30. The molecule has 0 aliphatic heterocycles. The lowest BCUT2D eigenvalue weighted by molar-refractivity contribution is 0.454.